The largest absolute Gasteiger partial charge is 0.349 e. The van der Waals surface area contributed by atoms with Crippen LogP contribution in [0.2, 0.25) is 0 Å². The Morgan fingerprint density at radius 2 is 2.09 bits per heavy atom. The van der Waals surface area contributed by atoms with Gasteiger partial charge < -0.3 is 10.6 Å². The molecule has 2 atom stereocenters. The number of nitrogens with one attached hydrogen (secondary N) is 2. The van der Waals surface area contributed by atoms with Crippen LogP contribution in [-0.2, 0) is 0 Å². The molecule has 0 bridgehead atoms. The first-order chi connectivity index (χ1) is 10.6. The molecule has 2 N–H and O–H groups in total. The van der Waals surface area contributed by atoms with Crippen molar-refractivity contribution in [1.29, 1.82) is 0 Å². The third-order valence-electron chi connectivity index (χ3n) is 4.21. The Kier molecular flexibility index (Phi) is 5.80. The van der Waals surface area contributed by atoms with E-state index in [1.54, 1.807) is 10.9 Å². The van der Waals surface area contributed by atoms with E-state index in [0.717, 1.165) is 30.8 Å². The van der Waals surface area contributed by atoms with E-state index in [9.17, 15) is 4.79 Å². The number of amides is 1. The van der Waals surface area contributed by atoms with Crippen LogP contribution in [0.3, 0.4) is 0 Å². The van der Waals surface area contributed by atoms with Crippen molar-refractivity contribution in [1.82, 2.24) is 20.4 Å². The highest BCUT2D eigenvalue weighted by molar-refractivity contribution is 5.95. The van der Waals surface area contributed by atoms with Gasteiger partial charge in [0.25, 0.3) is 5.91 Å². The topological polar surface area (TPSA) is 59.0 Å². The van der Waals surface area contributed by atoms with E-state index in [1.165, 1.54) is 0 Å². The summed E-state index contributed by atoms with van der Waals surface area (Å²) in [7, 11) is 0. The van der Waals surface area contributed by atoms with Crippen LogP contribution in [0.25, 0.3) is 5.69 Å². The number of hydrogen-bond donors (Lipinski definition) is 2. The van der Waals surface area contributed by atoms with Crippen molar-refractivity contribution in [3.63, 3.8) is 0 Å². The summed E-state index contributed by atoms with van der Waals surface area (Å²) in [5.41, 5.74) is 2.48. The van der Waals surface area contributed by atoms with Gasteiger partial charge in [-0.25, -0.2) is 4.68 Å². The average molecular weight is 335 g/mol. The summed E-state index contributed by atoms with van der Waals surface area (Å²) >= 11 is 0. The summed E-state index contributed by atoms with van der Waals surface area (Å²) in [6.45, 7) is 5.03. The lowest BCUT2D eigenvalue weighted by atomic mass is 10.0. The van der Waals surface area contributed by atoms with Gasteiger partial charge in [-0.3, -0.25) is 4.79 Å². The van der Waals surface area contributed by atoms with Crippen LogP contribution in [0.15, 0.2) is 36.5 Å². The zero-order chi connectivity index (χ0) is 15.5. The normalized spacial score (nSPS) is 20.6. The van der Waals surface area contributed by atoms with Gasteiger partial charge in [-0.05, 0) is 45.4 Å². The SMILES string of the molecule is Cc1c(C(=O)NC2CCNC(C)C2)cnn1-c1ccccc1.Cl. The Morgan fingerprint density at radius 3 is 2.78 bits per heavy atom. The number of rotatable bonds is 3. The van der Waals surface area contributed by atoms with Gasteiger partial charge in [0.15, 0.2) is 0 Å². The number of hydrogen-bond acceptors (Lipinski definition) is 3. The molecular weight excluding hydrogens is 312 g/mol. The Morgan fingerprint density at radius 1 is 1.35 bits per heavy atom. The Hall–Kier alpha value is -1.85. The molecule has 1 aliphatic heterocycles. The molecule has 2 heterocycles. The fourth-order valence-corrected chi connectivity index (χ4v) is 2.99. The maximum absolute atomic E-state index is 12.5. The fraction of sp³-hybridized carbons (Fsp3) is 0.412. The van der Waals surface area contributed by atoms with Crippen molar-refractivity contribution in [2.24, 2.45) is 0 Å². The van der Waals surface area contributed by atoms with Crippen LogP contribution in [0.5, 0.6) is 0 Å². The summed E-state index contributed by atoms with van der Waals surface area (Å²) in [4.78, 5) is 12.5. The molecule has 2 unspecified atom stereocenters. The highest BCUT2D eigenvalue weighted by Gasteiger charge is 2.22. The van der Waals surface area contributed by atoms with E-state index < -0.39 is 0 Å². The van der Waals surface area contributed by atoms with Gasteiger partial charge in [0.2, 0.25) is 0 Å². The number of piperidine rings is 1. The van der Waals surface area contributed by atoms with Crippen LogP contribution < -0.4 is 10.6 Å². The number of nitrogens with zero attached hydrogens (tertiary/aromatic N) is 2. The van der Waals surface area contributed by atoms with Gasteiger partial charge in [-0.2, -0.15) is 5.10 Å². The zero-order valence-electron chi connectivity index (χ0n) is 13.5. The smallest absolute Gasteiger partial charge is 0.254 e. The second-order valence-corrected chi connectivity index (χ2v) is 5.94. The summed E-state index contributed by atoms with van der Waals surface area (Å²) < 4.78 is 1.81. The van der Waals surface area contributed by atoms with E-state index in [4.69, 9.17) is 0 Å². The predicted octanol–water partition coefficient (Wildman–Crippen LogP) is 2.47. The number of carbonyl (C=O) groups is 1. The average Bonchev–Trinajstić information content (AvgIpc) is 2.90. The quantitative estimate of drug-likeness (QED) is 0.906. The third-order valence-corrected chi connectivity index (χ3v) is 4.21. The minimum Gasteiger partial charge on any atom is -0.349 e. The maximum Gasteiger partial charge on any atom is 0.254 e. The molecular formula is C17H23ClN4O. The molecule has 2 aromatic rings. The van der Waals surface area contributed by atoms with E-state index in [0.29, 0.717) is 11.6 Å². The van der Waals surface area contributed by atoms with Gasteiger partial charge in [0.05, 0.1) is 23.1 Å². The molecule has 1 aromatic carbocycles. The third kappa shape index (κ3) is 3.92. The van der Waals surface area contributed by atoms with Gasteiger partial charge in [0, 0.05) is 12.1 Å². The van der Waals surface area contributed by atoms with E-state index >= 15 is 0 Å². The molecule has 0 radical (unpaired) electrons. The van der Waals surface area contributed by atoms with Crippen molar-refractivity contribution in [3.8, 4) is 5.69 Å². The second kappa shape index (κ2) is 7.62. The summed E-state index contributed by atoms with van der Waals surface area (Å²) in [5.74, 6) is -0.0289. The van der Waals surface area contributed by atoms with Crippen LogP contribution >= 0.6 is 12.4 Å². The summed E-state index contributed by atoms with van der Waals surface area (Å²) in [6, 6.07) is 10.6. The monoisotopic (exact) mass is 334 g/mol. The van der Waals surface area contributed by atoms with E-state index in [2.05, 4.69) is 22.7 Å². The number of halogens is 1. The van der Waals surface area contributed by atoms with Crippen molar-refractivity contribution in [2.45, 2.75) is 38.8 Å². The molecule has 1 amide bonds. The minimum atomic E-state index is -0.0289. The maximum atomic E-state index is 12.5. The molecule has 0 aliphatic carbocycles. The highest BCUT2D eigenvalue weighted by atomic mass is 35.5. The molecule has 0 saturated carbocycles. The van der Waals surface area contributed by atoms with E-state index in [1.807, 2.05) is 37.3 Å². The lowest BCUT2D eigenvalue weighted by molar-refractivity contribution is 0.0925. The zero-order valence-corrected chi connectivity index (χ0v) is 14.3. The van der Waals surface area contributed by atoms with Crippen molar-refractivity contribution in [2.75, 3.05) is 6.54 Å². The van der Waals surface area contributed by atoms with Crippen LogP contribution in [0, 0.1) is 6.92 Å². The molecule has 124 valence electrons. The molecule has 3 rings (SSSR count). The number of carbonyl (C=O) groups excluding carboxylic acids is 1. The first-order valence-corrected chi connectivity index (χ1v) is 7.79. The molecule has 6 heteroatoms. The van der Waals surface area contributed by atoms with Crippen molar-refractivity contribution in [3.05, 3.63) is 47.8 Å². The molecule has 1 aromatic heterocycles. The molecule has 1 fully saturated rings. The standard InChI is InChI=1S/C17H22N4O.ClH/c1-12-10-14(8-9-18-12)20-17(22)16-11-19-21(13(16)2)15-6-4-3-5-7-15;/h3-7,11-12,14,18H,8-10H2,1-2H3,(H,20,22);1H. The first-order valence-electron chi connectivity index (χ1n) is 7.79. The van der Waals surface area contributed by atoms with Gasteiger partial charge >= 0.3 is 0 Å². The Balaban J connectivity index is 0.00000192. The molecule has 1 saturated heterocycles. The number of para-hydroxylation sites is 1. The van der Waals surface area contributed by atoms with Gasteiger partial charge in [-0.1, -0.05) is 18.2 Å². The fourth-order valence-electron chi connectivity index (χ4n) is 2.99. The van der Waals surface area contributed by atoms with E-state index in [-0.39, 0.29) is 24.4 Å². The van der Waals surface area contributed by atoms with Crippen LogP contribution in [-0.4, -0.2) is 34.3 Å². The van der Waals surface area contributed by atoms with Crippen molar-refractivity contribution < 1.29 is 4.79 Å². The summed E-state index contributed by atoms with van der Waals surface area (Å²) in [5, 5.41) is 10.9. The van der Waals surface area contributed by atoms with Gasteiger partial charge in [0.1, 0.15) is 0 Å². The first kappa shape index (κ1) is 17.5. The number of aromatic nitrogens is 2. The minimum absolute atomic E-state index is 0. The number of benzene rings is 1. The van der Waals surface area contributed by atoms with Gasteiger partial charge in [-0.15, -0.1) is 12.4 Å². The van der Waals surface area contributed by atoms with Crippen LogP contribution in [0.1, 0.15) is 35.8 Å². The lowest BCUT2D eigenvalue weighted by Gasteiger charge is -2.28. The molecule has 1 aliphatic rings. The lowest BCUT2D eigenvalue weighted by Crippen LogP contribution is -2.46. The molecule has 0 spiro atoms. The molecule has 5 nitrogen and oxygen atoms in total. The molecule has 23 heavy (non-hydrogen) atoms. The predicted molar refractivity (Wildman–Crippen MR) is 93.5 cm³/mol. The Bertz CT molecular complexity index is 656. The highest BCUT2D eigenvalue weighted by Crippen LogP contribution is 2.15. The van der Waals surface area contributed by atoms with Crippen LogP contribution in [0.4, 0.5) is 0 Å². The Labute approximate surface area is 142 Å². The second-order valence-electron chi connectivity index (χ2n) is 5.94. The van der Waals surface area contributed by atoms with Crippen molar-refractivity contribution >= 4 is 18.3 Å². The summed E-state index contributed by atoms with van der Waals surface area (Å²) in [6.07, 6.45) is 3.60.